The van der Waals surface area contributed by atoms with Crippen LogP contribution in [0.15, 0.2) is 16.6 Å². The number of halogens is 1. The molecular formula is C8H10BrNO2. The van der Waals surface area contributed by atoms with Crippen LogP contribution in [0.4, 0.5) is 0 Å². The molecule has 0 saturated heterocycles. The normalized spacial score (nSPS) is 10.2. The largest absolute Gasteiger partial charge is 0.507 e. The molecule has 0 radical (unpaired) electrons. The van der Waals surface area contributed by atoms with Gasteiger partial charge in [0.05, 0.1) is 11.1 Å². The van der Waals surface area contributed by atoms with Gasteiger partial charge < -0.3 is 5.11 Å². The molecule has 0 spiro atoms. The van der Waals surface area contributed by atoms with Gasteiger partial charge in [-0.1, -0.05) is 0 Å². The number of aryl methyl sites for hydroxylation is 1. The molecule has 0 fully saturated rings. The number of phenols is 1. The van der Waals surface area contributed by atoms with Crippen molar-refractivity contribution in [1.29, 1.82) is 0 Å². The van der Waals surface area contributed by atoms with Crippen molar-refractivity contribution in [3.05, 3.63) is 27.7 Å². The Bertz CT molecular complexity index is 289. The highest BCUT2D eigenvalue weighted by Crippen LogP contribution is 2.27. The van der Waals surface area contributed by atoms with Gasteiger partial charge in [0.15, 0.2) is 0 Å². The Morgan fingerprint density at radius 2 is 2.25 bits per heavy atom. The predicted octanol–water partition coefficient (Wildman–Crippen LogP) is 1.85. The van der Waals surface area contributed by atoms with Crippen LogP contribution in [0, 0.1) is 6.92 Å². The monoisotopic (exact) mass is 231 g/mol. The third kappa shape index (κ3) is 1.97. The fraction of sp³-hybridized carbons (Fsp3) is 0.250. The van der Waals surface area contributed by atoms with Crippen LogP contribution in [0.2, 0.25) is 0 Å². The predicted molar refractivity (Wildman–Crippen MR) is 49.5 cm³/mol. The molecule has 3 nitrogen and oxygen atoms in total. The fourth-order valence-corrected chi connectivity index (χ4v) is 1.34. The second-order valence-electron chi connectivity index (χ2n) is 2.54. The van der Waals surface area contributed by atoms with E-state index >= 15 is 0 Å². The third-order valence-electron chi connectivity index (χ3n) is 1.64. The van der Waals surface area contributed by atoms with E-state index in [9.17, 15) is 5.11 Å². The molecule has 0 unspecified atom stereocenters. The summed E-state index contributed by atoms with van der Waals surface area (Å²) in [5, 5.41) is 9.27. The topological polar surface area (TPSA) is 55.5 Å². The second-order valence-corrected chi connectivity index (χ2v) is 3.40. The van der Waals surface area contributed by atoms with Gasteiger partial charge in [0.1, 0.15) is 5.75 Å². The molecule has 0 heterocycles. The molecular weight excluding hydrogens is 222 g/mol. The maximum Gasteiger partial charge on any atom is 0.130 e. The lowest BCUT2D eigenvalue weighted by atomic mass is 10.1. The van der Waals surface area contributed by atoms with Crippen molar-refractivity contribution >= 4 is 15.9 Å². The van der Waals surface area contributed by atoms with E-state index in [1.54, 1.807) is 12.1 Å². The van der Waals surface area contributed by atoms with Crippen LogP contribution in [0.25, 0.3) is 0 Å². The molecule has 0 saturated carbocycles. The van der Waals surface area contributed by atoms with E-state index in [0.29, 0.717) is 11.1 Å². The first kappa shape index (κ1) is 9.51. The first-order valence-corrected chi connectivity index (χ1v) is 4.24. The summed E-state index contributed by atoms with van der Waals surface area (Å²) >= 11 is 3.20. The van der Waals surface area contributed by atoms with Gasteiger partial charge in [-0.25, -0.2) is 5.90 Å². The lowest BCUT2D eigenvalue weighted by Gasteiger charge is -2.05. The van der Waals surface area contributed by atoms with Crippen molar-refractivity contribution in [2.45, 2.75) is 13.5 Å². The zero-order valence-corrected chi connectivity index (χ0v) is 8.26. The van der Waals surface area contributed by atoms with Crippen molar-refractivity contribution in [1.82, 2.24) is 0 Å². The van der Waals surface area contributed by atoms with Gasteiger partial charge in [-0.3, -0.25) is 4.84 Å². The smallest absolute Gasteiger partial charge is 0.130 e. The summed E-state index contributed by atoms with van der Waals surface area (Å²) in [6, 6.07) is 3.45. The molecule has 4 heteroatoms. The third-order valence-corrected chi connectivity index (χ3v) is 2.28. The van der Waals surface area contributed by atoms with E-state index in [0.717, 1.165) is 11.1 Å². The molecule has 0 amide bonds. The van der Waals surface area contributed by atoms with Crippen molar-refractivity contribution in [3.63, 3.8) is 0 Å². The summed E-state index contributed by atoms with van der Waals surface area (Å²) in [7, 11) is 0. The minimum absolute atomic E-state index is 0.230. The number of hydrogen-bond acceptors (Lipinski definition) is 3. The maximum atomic E-state index is 9.27. The Labute approximate surface area is 79.2 Å². The Kier molecular flexibility index (Phi) is 3.08. The van der Waals surface area contributed by atoms with Crippen molar-refractivity contribution in [2.75, 3.05) is 0 Å². The summed E-state index contributed by atoms with van der Waals surface area (Å²) in [5.41, 5.74) is 1.92. The van der Waals surface area contributed by atoms with E-state index in [4.69, 9.17) is 5.90 Å². The van der Waals surface area contributed by atoms with Gasteiger partial charge in [0.25, 0.3) is 0 Å². The summed E-state index contributed by atoms with van der Waals surface area (Å²) in [6.45, 7) is 2.24. The van der Waals surface area contributed by atoms with Crippen LogP contribution in [0.5, 0.6) is 5.75 Å². The van der Waals surface area contributed by atoms with Gasteiger partial charge in [0.2, 0.25) is 0 Å². The number of aromatic hydroxyl groups is 1. The van der Waals surface area contributed by atoms with Crippen molar-refractivity contribution in [2.24, 2.45) is 5.90 Å². The molecule has 1 aromatic carbocycles. The van der Waals surface area contributed by atoms with E-state index in [-0.39, 0.29) is 5.75 Å². The quantitative estimate of drug-likeness (QED) is 0.765. The molecule has 66 valence electrons. The molecule has 1 aromatic rings. The molecule has 0 atom stereocenters. The Balaban J connectivity index is 3.05. The van der Waals surface area contributed by atoms with Crippen LogP contribution in [-0.4, -0.2) is 5.11 Å². The van der Waals surface area contributed by atoms with E-state index in [1.165, 1.54) is 0 Å². The summed E-state index contributed by atoms with van der Waals surface area (Å²) in [6.07, 6.45) is 0. The van der Waals surface area contributed by atoms with Crippen LogP contribution in [0.1, 0.15) is 11.1 Å². The standard InChI is InChI=1S/C8H10BrNO2/c1-5-2-8(11)7(9)3-6(5)4-12-10/h2-3,11H,4,10H2,1H3. The highest BCUT2D eigenvalue weighted by molar-refractivity contribution is 9.10. The van der Waals surface area contributed by atoms with Crippen LogP contribution >= 0.6 is 15.9 Å². The highest BCUT2D eigenvalue weighted by atomic mass is 79.9. The highest BCUT2D eigenvalue weighted by Gasteiger charge is 2.03. The van der Waals surface area contributed by atoms with Crippen LogP contribution < -0.4 is 5.90 Å². The van der Waals surface area contributed by atoms with E-state index in [2.05, 4.69) is 20.8 Å². The molecule has 0 aliphatic carbocycles. The SMILES string of the molecule is Cc1cc(O)c(Br)cc1CON. The lowest BCUT2D eigenvalue weighted by Crippen LogP contribution is -2.00. The molecule has 1 rings (SSSR count). The van der Waals surface area contributed by atoms with E-state index in [1.807, 2.05) is 6.92 Å². The molecule has 12 heavy (non-hydrogen) atoms. The minimum atomic E-state index is 0.230. The van der Waals surface area contributed by atoms with Crippen molar-refractivity contribution in [3.8, 4) is 5.75 Å². The lowest BCUT2D eigenvalue weighted by molar-refractivity contribution is 0.123. The summed E-state index contributed by atoms with van der Waals surface area (Å²) < 4.78 is 0.653. The number of nitrogens with two attached hydrogens (primary N) is 1. The van der Waals surface area contributed by atoms with Crippen LogP contribution in [-0.2, 0) is 11.4 Å². The molecule has 0 aromatic heterocycles. The number of phenolic OH excluding ortho intramolecular Hbond substituents is 1. The Morgan fingerprint density at radius 3 is 2.83 bits per heavy atom. The fourth-order valence-electron chi connectivity index (χ4n) is 0.953. The molecule has 3 N–H and O–H groups in total. The number of benzene rings is 1. The minimum Gasteiger partial charge on any atom is -0.507 e. The molecule has 0 aliphatic rings. The van der Waals surface area contributed by atoms with Gasteiger partial charge in [0, 0.05) is 0 Å². The van der Waals surface area contributed by atoms with Gasteiger partial charge >= 0.3 is 0 Å². The van der Waals surface area contributed by atoms with E-state index < -0.39 is 0 Å². The number of hydrogen-bond donors (Lipinski definition) is 2. The summed E-state index contributed by atoms with van der Waals surface area (Å²) in [5.74, 6) is 5.17. The van der Waals surface area contributed by atoms with Crippen molar-refractivity contribution < 1.29 is 9.94 Å². The maximum absolute atomic E-state index is 9.27. The van der Waals surface area contributed by atoms with Gasteiger partial charge in [-0.2, -0.15) is 0 Å². The Hall–Kier alpha value is -0.580. The second kappa shape index (κ2) is 3.89. The van der Waals surface area contributed by atoms with Gasteiger partial charge in [-0.05, 0) is 46.1 Å². The average molecular weight is 232 g/mol. The van der Waals surface area contributed by atoms with Crippen LogP contribution in [0.3, 0.4) is 0 Å². The van der Waals surface area contributed by atoms with Gasteiger partial charge in [-0.15, -0.1) is 0 Å². The average Bonchev–Trinajstić information content (AvgIpc) is 2.01. The first-order chi connectivity index (χ1) is 5.65. The first-order valence-electron chi connectivity index (χ1n) is 3.45. The zero-order chi connectivity index (χ0) is 9.14. The molecule has 0 bridgehead atoms. The zero-order valence-electron chi connectivity index (χ0n) is 6.67. The Morgan fingerprint density at radius 1 is 1.58 bits per heavy atom. The summed E-state index contributed by atoms with van der Waals surface area (Å²) in [4.78, 5) is 4.50. The molecule has 0 aliphatic heterocycles. The number of rotatable bonds is 2.